The van der Waals surface area contributed by atoms with E-state index in [-0.39, 0.29) is 17.9 Å². The van der Waals surface area contributed by atoms with Gasteiger partial charge in [0.25, 0.3) is 5.91 Å². The number of rotatable bonds is 5. The number of benzene rings is 1. The molecule has 1 saturated carbocycles. The lowest BCUT2D eigenvalue weighted by Gasteiger charge is -2.31. The third-order valence-corrected chi connectivity index (χ3v) is 5.69. The molecule has 2 amide bonds. The van der Waals surface area contributed by atoms with Gasteiger partial charge in [0.15, 0.2) is 0 Å². The van der Waals surface area contributed by atoms with Crippen LogP contribution in [0.4, 0.5) is 0 Å². The van der Waals surface area contributed by atoms with Crippen LogP contribution in [0.25, 0.3) is 6.08 Å². The van der Waals surface area contributed by atoms with Gasteiger partial charge in [-0.15, -0.1) is 0 Å². The van der Waals surface area contributed by atoms with E-state index in [2.05, 4.69) is 12.2 Å². The van der Waals surface area contributed by atoms with Crippen molar-refractivity contribution < 1.29 is 14.0 Å². The van der Waals surface area contributed by atoms with Gasteiger partial charge in [0, 0.05) is 36.7 Å². The summed E-state index contributed by atoms with van der Waals surface area (Å²) in [5.41, 5.74) is 0.669. The minimum atomic E-state index is -0.0520. The summed E-state index contributed by atoms with van der Waals surface area (Å²) in [6.45, 7) is 3.51. The molecule has 2 fully saturated rings. The molecule has 2 aromatic rings. The summed E-state index contributed by atoms with van der Waals surface area (Å²) in [5, 5.41) is 3.07. The van der Waals surface area contributed by atoms with Gasteiger partial charge in [-0.25, -0.2) is 0 Å². The number of nitrogens with zero attached hydrogens (tertiary/aromatic N) is 1. The maximum Gasteiger partial charge on any atom is 0.251 e. The fourth-order valence-corrected chi connectivity index (χ4v) is 3.74. The molecule has 1 saturated heterocycles. The highest BCUT2D eigenvalue weighted by Gasteiger charge is 2.36. The Labute approximate surface area is 165 Å². The van der Waals surface area contributed by atoms with Gasteiger partial charge in [-0.1, -0.05) is 25.1 Å². The number of nitrogens with one attached hydrogen (secondary N) is 1. The van der Waals surface area contributed by atoms with Crippen LogP contribution in [0.1, 0.15) is 54.0 Å². The van der Waals surface area contributed by atoms with Crippen LogP contribution in [0.2, 0.25) is 0 Å². The van der Waals surface area contributed by atoms with Crippen molar-refractivity contribution in [2.45, 2.75) is 38.1 Å². The van der Waals surface area contributed by atoms with E-state index >= 15 is 0 Å². The third-order valence-electron chi connectivity index (χ3n) is 5.69. The molecule has 1 aromatic carbocycles. The number of amides is 2. The van der Waals surface area contributed by atoms with Crippen LogP contribution >= 0.6 is 0 Å². The Balaban J connectivity index is 1.24. The monoisotopic (exact) mass is 378 g/mol. The lowest BCUT2D eigenvalue weighted by Crippen LogP contribution is -2.46. The molecule has 5 heteroatoms. The highest BCUT2D eigenvalue weighted by atomic mass is 16.3. The first kappa shape index (κ1) is 18.5. The number of carbonyl (C=O) groups excluding carboxylic acids is 2. The quantitative estimate of drug-likeness (QED) is 0.804. The van der Waals surface area contributed by atoms with E-state index in [1.165, 1.54) is 6.42 Å². The molecule has 2 aliphatic rings. The van der Waals surface area contributed by atoms with Crippen molar-refractivity contribution >= 4 is 17.9 Å². The number of carbonyl (C=O) groups is 2. The zero-order valence-electron chi connectivity index (χ0n) is 16.1. The molecule has 1 aliphatic heterocycles. The van der Waals surface area contributed by atoms with E-state index in [4.69, 9.17) is 4.42 Å². The second-order valence-corrected chi connectivity index (χ2v) is 7.83. The Bertz CT molecular complexity index is 863. The van der Waals surface area contributed by atoms with Crippen molar-refractivity contribution in [1.29, 1.82) is 0 Å². The van der Waals surface area contributed by atoms with Crippen molar-refractivity contribution in [3.63, 3.8) is 0 Å². The standard InChI is InChI=1S/C23H26N2O3/c1-16-15-20(16)21-9-7-19(28-21)8-10-22(26)25-13-11-18(12-14-25)24-23(27)17-5-3-2-4-6-17/h2-10,16,18,20H,11-15H2,1H3,(H,24,27)/b10-8+. The molecule has 1 aromatic heterocycles. The summed E-state index contributed by atoms with van der Waals surface area (Å²) in [4.78, 5) is 26.5. The van der Waals surface area contributed by atoms with Crippen LogP contribution in [0, 0.1) is 5.92 Å². The van der Waals surface area contributed by atoms with Gasteiger partial charge in [-0.05, 0) is 55.5 Å². The minimum absolute atomic E-state index is 0.00873. The predicted octanol–water partition coefficient (Wildman–Crippen LogP) is 3.84. The van der Waals surface area contributed by atoms with E-state index in [0.29, 0.717) is 30.5 Å². The SMILES string of the molecule is CC1CC1c1ccc(/C=C/C(=O)N2CCC(NC(=O)c3ccccc3)CC2)o1. The van der Waals surface area contributed by atoms with Gasteiger partial charge in [-0.3, -0.25) is 9.59 Å². The molecule has 0 radical (unpaired) electrons. The molecule has 0 bridgehead atoms. The Kier molecular flexibility index (Phi) is 5.33. The largest absolute Gasteiger partial charge is 0.461 e. The first-order chi connectivity index (χ1) is 13.6. The molecular formula is C23H26N2O3. The van der Waals surface area contributed by atoms with Crippen LogP contribution in [-0.2, 0) is 4.79 Å². The fraction of sp³-hybridized carbons (Fsp3) is 0.391. The topological polar surface area (TPSA) is 62.6 Å². The molecule has 28 heavy (non-hydrogen) atoms. The molecule has 1 aliphatic carbocycles. The number of likely N-dealkylation sites (tertiary alicyclic amines) is 1. The van der Waals surface area contributed by atoms with E-state index in [9.17, 15) is 9.59 Å². The molecule has 2 heterocycles. The van der Waals surface area contributed by atoms with E-state index < -0.39 is 0 Å². The summed E-state index contributed by atoms with van der Waals surface area (Å²) >= 11 is 0. The van der Waals surface area contributed by atoms with Gasteiger partial charge < -0.3 is 14.6 Å². The van der Waals surface area contributed by atoms with E-state index in [1.807, 2.05) is 47.4 Å². The van der Waals surface area contributed by atoms with E-state index in [0.717, 1.165) is 24.4 Å². The molecule has 2 atom stereocenters. The lowest BCUT2D eigenvalue weighted by molar-refractivity contribution is -0.127. The normalized spacial score (nSPS) is 22.4. The van der Waals surface area contributed by atoms with E-state index in [1.54, 1.807) is 12.2 Å². The summed E-state index contributed by atoms with van der Waals surface area (Å²) in [6.07, 6.45) is 6.06. The number of hydrogen-bond donors (Lipinski definition) is 1. The predicted molar refractivity (Wildman–Crippen MR) is 108 cm³/mol. The second-order valence-electron chi connectivity index (χ2n) is 7.83. The van der Waals surface area contributed by atoms with Crippen molar-refractivity contribution in [3.8, 4) is 0 Å². The Morgan fingerprint density at radius 1 is 1.11 bits per heavy atom. The maximum atomic E-state index is 12.4. The molecule has 1 N–H and O–H groups in total. The van der Waals surface area contributed by atoms with Crippen LogP contribution in [-0.4, -0.2) is 35.8 Å². The van der Waals surface area contributed by atoms with Gasteiger partial charge in [0.2, 0.25) is 5.91 Å². The van der Waals surface area contributed by atoms with Crippen LogP contribution in [0.3, 0.4) is 0 Å². The van der Waals surface area contributed by atoms with Crippen molar-refractivity contribution in [2.24, 2.45) is 5.92 Å². The fourth-order valence-electron chi connectivity index (χ4n) is 3.74. The number of piperidine rings is 1. The summed E-state index contributed by atoms with van der Waals surface area (Å²) in [6, 6.07) is 13.3. The minimum Gasteiger partial charge on any atom is -0.461 e. The Morgan fingerprint density at radius 2 is 1.82 bits per heavy atom. The second kappa shape index (κ2) is 8.05. The van der Waals surface area contributed by atoms with Gasteiger partial charge in [-0.2, -0.15) is 0 Å². The van der Waals surface area contributed by atoms with Crippen molar-refractivity contribution in [1.82, 2.24) is 10.2 Å². The number of furan rings is 1. The molecule has 2 unspecified atom stereocenters. The lowest BCUT2D eigenvalue weighted by atomic mass is 10.0. The summed E-state index contributed by atoms with van der Waals surface area (Å²) in [7, 11) is 0. The van der Waals surface area contributed by atoms with Gasteiger partial charge in [0.1, 0.15) is 11.5 Å². The highest BCUT2D eigenvalue weighted by Crippen LogP contribution is 2.47. The van der Waals surface area contributed by atoms with Crippen LogP contribution in [0.5, 0.6) is 0 Å². The average molecular weight is 378 g/mol. The molecule has 4 rings (SSSR count). The first-order valence-electron chi connectivity index (χ1n) is 10.0. The molecule has 146 valence electrons. The zero-order chi connectivity index (χ0) is 19.5. The molecular weight excluding hydrogens is 352 g/mol. The van der Waals surface area contributed by atoms with Gasteiger partial charge >= 0.3 is 0 Å². The zero-order valence-corrected chi connectivity index (χ0v) is 16.1. The van der Waals surface area contributed by atoms with Crippen LogP contribution in [0.15, 0.2) is 53.0 Å². The Hall–Kier alpha value is -2.82. The van der Waals surface area contributed by atoms with Crippen molar-refractivity contribution in [3.05, 3.63) is 65.6 Å². The smallest absolute Gasteiger partial charge is 0.251 e. The number of hydrogen-bond acceptors (Lipinski definition) is 3. The first-order valence-corrected chi connectivity index (χ1v) is 10.0. The maximum absolute atomic E-state index is 12.4. The average Bonchev–Trinajstić information content (AvgIpc) is 3.26. The Morgan fingerprint density at radius 3 is 2.50 bits per heavy atom. The molecule has 0 spiro atoms. The summed E-state index contributed by atoms with van der Waals surface area (Å²) < 4.78 is 5.81. The van der Waals surface area contributed by atoms with Gasteiger partial charge in [0.05, 0.1) is 0 Å². The highest BCUT2D eigenvalue weighted by molar-refractivity contribution is 5.94. The summed E-state index contributed by atoms with van der Waals surface area (Å²) in [5.74, 6) is 2.94. The third kappa shape index (κ3) is 4.35. The van der Waals surface area contributed by atoms with Crippen LogP contribution < -0.4 is 5.32 Å². The molecule has 5 nitrogen and oxygen atoms in total. The van der Waals surface area contributed by atoms with Crippen molar-refractivity contribution in [2.75, 3.05) is 13.1 Å².